The Bertz CT molecular complexity index is 510. The summed E-state index contributed by atoms with van der Waals surface area (Å²) in [7, 11) is 1.29. The second-order valence-corrected chi connectivity index (χ2v) is 4.38. The van der Waals surface area contributed by atoms with Gasteiger partial charge in [0.05, 0.1) is 22.2 Å². The van der Waals surface area contributed by atoms with Crippen LogP contribution in [-0.2, 0) is 9.53 Å². The average Bonchev–Trinajstić information content (AvgIpc) is 2.32. The van der Waals surface area contributed by atoms with E-state index in [1.54, 1.807) is 0 Å². The Balaban J connectivity index is 2.94. The van der Waals surface area contributed by atoms with E-state index >= 15 is 0 Å². The number of aliphatic carboxylic acids is 1. The second-order valence-electron chi connectivity index (χ2n) is 3.57. The summed E-state index contributed by atoms with van der Waals surface area (Å²) in [5, 5.41) is 10.7. The predicted octanol–water partition coefficient (Wildman–Crippen LogP) is 1.96. The smallest absolute Gasteiger partial charge is 0.328 e. The Hall–Kier alpha value is -1.37. The minimum atomic E-state index is -1.28. The molecule has 0 saturated carbocycles. The van der Waals surface area contributed by atoms with Gasteiger partial charge in [0.2, 0.25) is 0 Å². The van der Waals surface area contributed by atoms with Gasteiger partial charge in [0.15, 0.2) is 6.04 Å². The van der Waals surface area contributed by atoms with Crippen molar-refractivity contribution >= 4 is 35.1 Å². The first-order chi connectivity index (χ1) is 8.86. The molecule has 0 aliphatic rings. The van der Waals surface area contributed by atoms with Crippen LogP contribution in [-0.4, -0.2) is 36.7 Å². The fourth-order valence-electron chi connectivity index (χ4n) is 1.27. The monoisotopic (exact) mass is 309 g/mol. The number of amides is 1. The molecule has 1 rings (SSSR count). The number of hydrogen-bond acceptors (Lipinski definition) is 3. The number of hydrogen-bond donors (Lipinski definition) is 2. The van der Waals surface area contributed by atoms with E-state index in [-0.39, 0.29) is 22.2 Å². The highest BCUT2D eigenvalue weighted by molar-refractivity contribution is 6.36. The number of nitrogens with one attached hydrogen (secondary N) is 1. The van der Waals surface area contributed by atoms with Gasteiger partial charge in [-0.15, -0.1) is 0 Å². The first-order valence-corrected chi connectivity index (χ1v) is 5.79. The van der Waals surface area contributed by atoms with Crippen LogP contribution in [0.15, 0.2) is 12.1 Å². The molecular weight excluding hydrogens is 300 g/mol. The van der Waals surface area contributed by atoms with E-state index in [1.807, 2.05) is 0 Å². The van der Waals surface area contributed by atoms with Gasteiger partial charge in [-0.05, 0) is 12.1 Å². The number of carbonyl (C=O) groups excluding carboxylic acids is 1. The quantitative estimate of drug-likeness (QED) is 0.815. The third-order valence-electron chi connectivity index (χ3n) is 2.19. The van der Waals surface area contributed by atoms with E-state index in [0.29, 0.717) is 0 Å². The zero-order chi connectivity index (χ0) is 14.6. The summed E-state index contributed by atoms with van der Waals surface area (Å²) in [6, 6.07) is 0.651. The van der Waals surface area contributed by atoms with E-state index < -0.39 is 23.7 Å². The number of methoxy groups -OCH3 is 1. The number of ether oxygens (including phenoxy) is 1. The summed E-state index contributed by atoms with van der Waals surface area (Å²) in [4.78, 5) is 22.6. The van der Waals surface area contributed by atoms with Crippen molar-refractivity contribution in [1.29, 1.82) is 0 Å². The standard InChI is InChI=1S/C11H10Cl2FNO4/c1-19-4-9(11(17)18)15-10(16)5-2-8(14)7(13)3-6(5)12/h2-3,9H,4H2,1H3,(H,15,16)(H,17,18). The van der Waals surface area contributed by atoms with Crippen molar-refractivity contribution in [2.24, 2.45) is 0 Å². The first-order valence-electron chi connectivity index (χ1n) is 5.04. The molecule has 5 nitrogen and oxygen atoms in total. The maximum atomic E-state index is 13.3. The lowest BCUT2D eigenvalue weighted by atomic mass is 10.2. The van der Waals surface area contributed by atoms with Gasteiger partial charge in [0, 0.05) is 7.11 Å². The summed E-state index contributed by atoms with van der Waals surface area (Å²) >= 11 is 11.2. The Morgan fingerprint density at radius 3 is 2.58 bits per heavy atom. The largest absolute Gasteiger partial charge is 0.480 e. The van der Waals surface area contributed by atoms with Gasteiger partial charge in [0.25, 0.3) is 5.91 Å². The Morgan fingerprint density at radius 1 is 1.42 bits per heavy atom. The molecule has 0 heterocycles. The van der Waals surface area contributed by atoms with E-state index in [9.17, 15) is 14.0 Å². The lowest BCUT2D eigenvalue weighted by molar-refractivity contribution is -0.140. The van der Waals surface area contributed by atoms with Crippen LogP contribution in [0.5, 0.6) is 0 Å². The minimum absolute atomic E-state index is 0.0783. The summed E-state index contributed by atoms with van der Waals surface area (Å²) in [6.07, 6.45) is 0. The molecule has 1 aromatic carbocycles. The fraction of sp³-hybridized carbons (Fsp3) is 0.273. The molecule has 2 N–H and O–H groups in total. The molecule has 0 spiro atoms. The molecule has 8 heteroatoms. The van der Waals surface area contributed by atoms with E-state index in [4.69, 9.17) is 28.3 Å². The number of benzene rings is 1. The highest BCUT2D eigenvalue weighted by Crippen LogP contribution is 2.24. The Labute approximate surface area is 118 Å². The molecule has 1 amide bonds. The third-order valence-corrected chi connectivity index (χ3v) is 2.79. The fourth-order valence-corrected chi connectivity index (χ4v) is 1.74. The van der Waals surface area contributed by atoms with Crippen LogP contribution < -0.4 is 5.32 Å². The molecule has 0 aliphatic heterocycles. The van der Waals surface area contributed by atoms with Gasteiger partial charge in [-0.1, -0.05) is 23.2 Å². The second kappa shape index (κ2) is 6.70. The molecule has 0 bridgehead atoms. The first kappa shape index (κ1) is 15.7. The molecule has 0 saturated heterocycles. The molecule has 1 aromatic rings. The Morgan fingerprint density at radius 2 is 2.05 bits per heavy atom. The van der Waals surface area contributed by atoms with E-state index in [2.05, 4.69) is 10.1 Å². The molecule has 0 aliphatic carbocycles. The number of halogens is 3. The molecule has 1 atom stereocenters. The van der Waals surface area contributed by atoms with Crippen LogP contribution in [0.3, 0.4) is 0 Å². The van der Waals surface area contributed by atoms with Gasteiger partial charge in [-0.25, -0.2) is 9.18 Å². The van der Waals surface area contributed by atoms with Crippen molar-refractivity contribution in [3.63, 3.8) is 0 Å². The predicted molar refractivity (Wildman–Crippen MR) is 67.2 cm³/mol. The van der Waals surface area contributed by atoms with Crippen LogP contribution >= 0.6 is 23.2 Å². The van der Waals surface area contributed by atoms with Gasteiger partial charge < -0.3 is 15.2 Å². The van der Waals surface area contributed by atoms with Crippen LogP contribution in [0, 0.1) is 5.82 Å². The average molecular weight is 310 g/mol. The molecule has 0 fully saturated rings. The van der Waals surface area contributed by atoms with Crippen molar-refractivity contribution < 1.29 is 23.8 Å². The zero-order valence-electron chi connectivity index (χ0n) is 9.75. The van der Waals surface area contributed by atoms with Crippen LogP contribution in [0.4, 0.5) is 4.39 Å². The summed E-state index contributed by atoms with van der Waals surface area (Å²) < 4.78 is 17.9. The molecular formula is C11H10Cl2FNO4. The van der Waals surface area contributed by atoms with Gasteiger partial charge in [-0.3, -0.25) is 4.79 Å². The summed E-state index contributed by atoms with van der Waals surface area (Å²) in [5.41, 5.74) is -0.203. The minimum Gasteiger partial charge on any atom is -0.480 e. The number of carbonyl (C=O) groups is 2. The highest BCUT2D eigenvalue weighted by Gasteiger charge is 2.22. The zero-order valence-corrected chi connectivity index (χ0v) is 11.3. The van der Waals surface area contributed by atoms with Gasteiger partial charge in [-0.2, -0.15) is 0 Å². The normalized spacial score (nSPS) is 12.0. The lowest BCUT2D eigenvalue weighted by Gasteiger charge is -2.14. The Kier molecular flexibility index (Phi) is 5.53. The highest BCUT2D eigenvalue weighted by atomic mass is 35.5. The molecule has 1 unspecified atom stereocenters. The van der Waals surface area contributed by atoms with Gasteiger partial charge >= 0.3 is 5.97 Å². The molecule has 19 heavy (non-hydrogen) atoms. The summed E-state index contributed by atoms with van der Waals surface area (Å²) in [6.45, 7) is -0.227. The molecule has 104 valence electrons. The van der Waals surface area contributed by atoms with Crippen molar-refractivity contribution in [3.8, 4) is 0 Å². The number of carboxylic acid groups (broad SMARTS) is 1. The third kappa shape index (κ3) is 4.05. The van der Waals surface area contributed by atoms with Gasteiger partial charge in [0.1, 0.15) is 5.82 Å². The van der Waals surface area contributed by atoms with Crippen molar-refractivity contribution in [2.75, 3.05) is 13.7 Å². The van der Waals surface area contributed by atoms with Crippen molar-refractivity contribution in [1.82, 2.24) is 5.32 Å². The number of rotatable bonds is 5. The van der Waals surface area contributed by atoms with Crippen LogP contribution in [0.25, 0.3) is 0 Å². The maximum Gasteiger partial charge on any atom is 0.328 e. The van der Waals surface area contributed by atoms with E-state index in [1.165, 1.54) is 7.11 Å². The van der Waals surface area contributed by atoms with Crippen LogP contribution in [0.2, 0.25) is 10.0 Å². The van der Waals surface area contributed by atoms with Crippen molar-refractivity contribution in [3.05, 3.63) is 33.6 Å². The molecule has 0 radical (unpaired) electrons. The maximum absolute atomic E-state index is 13.3. The summed E-state index contributed by atoms with van der Waals surface area (Å²) in [5.74, 6) is -2.93. The van der Waals surface area contributed by atoms with E-state index in [0.717, 1.165) is 12.1 Å². The topological polar surface area (TPSA) is 75.6 Å². The van der Waals surface area contributed by atoms with Crippen molar-refractivity contribution in [2.45, 2.75) is 6.04 Å². The SMILES string of the molecule is COCC(NC(=O)c1cc(F)c(Cl)cc1Cl)C(=O)O. The number of carboxylic acids is 1. The molecule has 0 aromatic heterocycles. The lowest BCUT2D eigenvalue weighted by Crippen LogP contribution is -2.43. The van der Waals surface area contributed by atoms with Crippen LogP contribution in [0.1, 0.15) is 10.4 Å².